The Balaban J connectivity index is 1.94. The Bertz CT molecular complexity index is 183. The first-order valence-corrected chi connectivity index (χ1v) is 7.30. The van der Waals surface area contributed by atoms with Crippen LogP contribution in [0.15, 0.2) is 0 Å². The van der Waals surface area contributed by atoms with E-state index in [-0.39, 0.29) is 9.20 Å². The van der Waals surface area contributed by atoms with E-state index >= 15 is 0 Å². The van der Waals surface area contributed by atoms with Crippen molar-refractivity contribution in [1.82, 2.24) is 0 Å². The van der Waals surface area contributed by atoms with Crippen molar-refractivity contribution in [3.05, 3.63) is 0 Å². The van der Waals surface area contributed by atoms with E-state index in [1.807, 2.05) is 35.3 Å². The van der Waals surface area contributed by atoms with Gasteiger partial charge in [-0.15, -0.1) is 35.3 Å². The number of hydrogen-bond donors (Lipinski definition) is 0. The van der Waals surface area contributed by atoms with Crippen LogP contribution in [-0.2, 0) is 4.74 Å². The molecule has 2 atom stereocenters. The number of ether oxygens (including phenoxy) is 1. The van der Waals surface area contributed by atoms with Crippen molar-refractivity contribution < 1.29 is 4.74 Å². The molecule has 2 aliphatic rings. The van der Waals surface area contributed by atoms with Crippen LogP contribution in [-0.4, -0.2) is 26.5 Å². The van der Waals surface area contributed by atoms with E-state index in [1.165, 1.54) is 23.7 Å². The normalized spacial score (nSPS) is 45.5. The summed E-state index contributed by atoms with van der Waals surface area (Å²) >= 11 is 5.97. The molecule has 1 nitrogen and oxygen atoms in total. The Morgan fingerprint density at radius 3 is 2.83 bits per heavy atom. The van der Waals surface area contributed by atoms with Crippen molar-refractivity contribution in [2.45, 2.75) is 29.5 Å². The van der Waals surface area contributed by atoms with Crippen LogP contribution in [0.2, 0.25) is 0 Å². The highest BCUT2D eigenvalue weighted by Gasteiger charge is 2.70. The van der Waals surface area contributed by atoms with E-state index in [0.717, 1.165) is 0 Å². The molecule has 0 spiro atoms. The molecule has 0 bridgehead atoms. The zero-order valence-electron chi connectivity index (χ0n) is 7.46. The molecule has 0 N–H and O–H groups in total. The van der Waals surface area contributed by atoms with Crippen LogP contribution in [0, 0.1) is 0 Å². The van der Waals surface area contributed by atoms with Crippen molar-refractivity contribution in [3.63, 3.8) is 0 Å². The molecule has 12 heavy (non-hydrogen) atoms. The minimum absolute atomic E-state index is 0.131. The summed E-state index contributed by atoms with van der Waals surface area (Å²) in [6.45, 7) is 4.45. The van der Waals surface area contributed by atoms with Gasteiger partial charge in [-0.05, 0) is 19.1 Å². The van der Waals surface area contributed by atoms with Crippen LogP contribution in [0.4, 0.5) is 0 Å². The Morgan fingerprint density at radius 1 is 1.42 bits per heavy atom. The highest BCUT2D eigenvalue weighted by atomic mass is 32.2. The summed E-state index contributed by atoms with van der Waals surface area (Å²) < 4.78 is 5.97. The number of fused-ring (bicyclic) bond motifs is 1. The molecule has 0 radical (unpaired) electrons. The van der Waals surface area contributed by atoms with Gasteiger partial charge in [0.15, 0.2) is 4.93 Å². The van der Waals surface area contributed by atoms with Gasteiger partial charge in [-0.1, -0.05) is 6.92 Å². The number of epoxide rings is 1. The maximum Gasteiger partial charge on any atom is 0.200 e. The summed E-state index contributed by atoms with van der Waals surface area (Å²) in [5, 5.41) is 0. The molecule has 0 aromatic rings. The number of rotatable bonds is 3. The Kier molecular flexibility index (Phi) is 2.63. The first-order chi connectivity index (χ1) is 5.72. The van der Waals surface area contributed by atoms with Crippen molar-refractivity contribution in [2.75, 3.05) is 17.3 Å². The monoisotopic (exact) mass is 222 g/mol. The van der Waals surface area contributed by atoms with Crippen molar-refractivity contribution in [1.29, 1.82) is 0 Å². The second kappa shape index (κ2) is 3.30. The van der Waals surface area contributed by atoms with Gasteiger partial charge in [0.05, 0.1) is 0 Å². The highest BCUT2D eigenvalue weighted by Crippen LogP contribution is 2.69. The van der Waals surface area contributed by atoms with Crippen molar-refractivity contribution in [3.8, 4) is 0 Å². The minimum atomic E-state index is 0.131. The Morgan fingerprint density at radius 2 is 2.17 bits per heavy atom. The molecule has 4 heteroatoms. The third-order valence-corrected chi connectivity index (χ3v) is 7.37. The van der Waals surface area contributed by atoms with Gasteiger partial charge in [0.1, 0.15) is 0 Å². The molecule has 2 unspecified atom stereocenters. The maximum atomic E-state index is 5.84. The topological polar surface area (TPSA) is 12.5 Å². The molecular weight excluding hydrogens is 208 g/mol. The molecule has 2 fully saturated rings. The maximum absolute atomic E-state index is 5.84. The third kappa shape index (κ3) is 1.41. The Labute approximate surface area is 86.8 Å². The minimum Gasteiger partial charge on any atom is -0.329 e. The van der Waals surface area contributed by atoms with Crippen LogP contribution in [0.5, 0.6) is 0 Å². The first-order valence-electron chi connectivity index (χ1n) is 4.34. The summed E-state index contributed by atoms with van der Waals surface area (Å²) in [5.74, 6) is 3.72. The van der Waals surface area contributed by atoms with Crippen molar-refractivity contribution >= 4 is 35.3 Å². The third-order valence-electron chi connectivity index (χ3n) is 2.09. The van der Waals surface area contributed by atoms with E-state index < -0.39 is 0 Å². The van der Waals surface area contributed by atoms with Gasteiger partial charge in [-0.3, -0.25) is 0 Å². The van der Waals surface area contributed by atoms with Gasteiger partial charge in [-0.25, -0.2) is 0 Å². The van der Waals surface area contributed by atoms with Gasteiger partial charge in [0, 0.05) is 11.5 Å². The Hall–Kier alpha value is 1.01. The van der Waals surface area contributed by atoms with Crippen LogP contribution in [0.25, 0.3) is 0 Å². The molecule has 2 heterocycles. The lowest BCUT2D eigenvalue weighted by molar-refractivity contribution is 0.386. The average molecular weight is 222 g/mol. The van der Waals surface area contributed by atoms with Gasteiger partial charge >= 0.3 is 0 Å². The molecular formula is C8H14OS3. The van der Waals surface area contributed by atoms with Gasteiger partial charge in [0.25, 0.3) is 0 Å². The molecule has 0 aromatic heterocycles. The zero-order chi connectivity index (χ0) is 8.66. The van der Waals surface area contributed by atoms with E-state index in [4.69, 9.17) is 4.74 Å². The van der Waals surface area contributed by atoms with E-state index in [2.05, 4.69) is 13.8 Å². The van der Waals surface area contributed by atoms with Crippen LogP contribution in [0.1, 0.15) is 20.3 Å². The zero-order valence-corrected chi connectivity index (χ0v) is 9.91. The summed E-state index contributed by atoms with van der Waals surface area (Å²) in [4.78, 5) is 0.135. The second-order valence-electron chi connectivity index (χ2n) is 3.15. The lowest BCUT2D eigenvalue weighted by atomic mass is 10.5. The smallest absolute Gasteiger partial charge is 0.200 e. The summed E-state index contributed by atoms with van der Waals surface area (Å²) in [6, 6.07) is 0. The van der Waals surface area contributed by atoms with E-state index in [0.29, 0.717) is 0 Å². The molecule has 2 saturated heterocycles. The van der Waals surface area contributed by atoms with Crippen molar-refractivity contribution in [2.24, 2.45) is 0 Å². The molecule has 0 aromatic carbocycles. The summed E-state index contributed by atoms with van der Waals surface area (Å²) in [6.07, 6.45) is 1.25. The predicted molar refractivity (Wildman–Crippen MR) is 59.9 cm³/mol. The largest absolute Gasteiger partial charge is 0.329 e. The fourth-order valence-electron chi connectivity index (χ4n) is 1.36. The summed E-state index contributed by atoms with van der Waals surface area (Å²) in [5.41, 5.74) is 0. The van der Waals surface area contributed by atoms with E-state index in [1.54, 1.807) is 0 Å². The number of hydrogen-bond acceptors (Lipinski definition) is 4. The van der Waals surface area contributed by atoms with E-state index in [9.17, 15) is 0 Å². The molecule has 0 saturated carbocycles. The molecule has 2 aliphatic heterocycles. The molecule has 2 rings (SSSR count). The number of thioether (sulfide) groups is 3. The second-order valence-corrected chi connectivity index (χ2v) is 7.43. The average Bonchev–Trinajstić information content (AvgIpc) is 2.68. The van der Waals surface area contributed by atoms with Gasteiger partial charge in [-0.2, -0.15) is 0 Å². The van der Waals surface area contributed by atoms with Crippen LogP contribution >= 0.6 is 35.3 Å². The standard InChI is InChI=1S/C8H14OS3/c1-3-4-11-8-7(2,9-8)10-5-6-12-8/h3-6H2,1-2H3. The predicted octanol–water partition coefficient (Wildman–Crippen LogP) is 3.01. The molecule has 0 aliphatic carbocycles. The fraction of sp³-hybridized carbons (Fsp3) is 1.00. The lowest BCUT2D eigenvalue weighted by Gasteiger charge is -2.20. The first kappa shape index (κ1) is 9.56. The van der Waals surface area contributed by atoms with Gasteiger partial charge < -0.3 is 4.74 Å². The lowest BCUT2D eigenvalue weighted by Crippen LogP contribution is -2.19. The van der Waals surface area contributed by atoms with Crippen LogP contribution in [0.3, 0.4) is 0 Å². The summed E-state index contributed by atoms with van der Waals surface area (Å²) in [7, 11) is 0. The highest BCUT2D eigenvalue weighted by molar-refractivity contribution is 8.21. The SMILES string of the molecule is CCCSC12OC1(C)SCCS2. The molecule has 0 amide bonds. The quantitative estimate of drug-likeness (QED) is 0.680. The molecule has 70 valence electrons. The van der Waals surface area contributed by atoms with Gasteiger partial charge in [0.2, 0.25) is 4.27 Å². The fourth-order valence-corrected chi connectivity index (χ4v) is 6.14. The van der Waals surface area contributed by atoms with Crippen LogP contribution < -0.4 is 0 Å².